The molecule has 0 N–H and O–H groups in total. The standard InChI is InChI=1S/C15H12BrF3O/c1-9-10(2)14(16)7-6-13(9)11-4-3-5-12(8-11)20-15(17,18)19/h3-8H,1-2H3. The molecule has 0 unspecified atom stereocenters. The maximum absolute atomic E-state index is 12.2. The van der Waals surface area contributed by atoms with E-state index in [0.29, 0.717) is 5.56 Å². The van der Waals surface area contributed by atoms with E-state index in [-0.39, 0.29) is 5.75 Å². The van der Waals surface area contributed by atoms with E-state index in [2.05, 4.69) is 20.7 Å². The van der Waals surface area contributed by atoms with Gasteiger partial charge >= 0.3 is 6.36 Å². The molecule has 0 aromatic heterocycles. The fourth-order valence-corrected chi connectivity index (χ4v) is 2.39. The van der Waals surface area contributed by atoms with Crippen molar-refractivity contribution in [3.63, 3.8) is 0 Å². The Morgan fingerprint density at radius 3 is 2.35 bits per heavy atom. The molecule has 0 saturated heterocycles. The number of ether oxygens (including phenoxy) is 1. The van der Waals surface area contributed by atoms with E-state index >= 15 is 0 Å². The Morgan fingerprint density at radius 2 is 1.70 bits per heavy atom. The van der Waals surface area contributed by atoms with Crippen LogP contribution in [0.4, 0.5) is 13.2 Å². The van der Waals surface area contributed by atoms with Crippen molar-refractivity contribution in [2.24, 2.45) is 0 Å². The first-order chi connectivity index (χ1) is 9.28. The summed E-state index contributed by atoms with van der Waals surface area (Å²) in [4.78, 5) is 0. The van der Waals surface area contributed by atoms with Gasteiger partial charge in [0.15, 0.2) is 0 Å². The van der Waals surface area contributed by atoms with Gasteiger partial charge in [0.05, 0.1) is 0 Å². The van der Waals surface area contributed by atoms with Crippen LogP contribution < -0.4 is 4.74 Å². The fraction of sp³-hybridized carbons (Fsp3) is 0.200. The summed E-state index contributed by atoms with van der Waals surface area (Å²) in [5, 5.41) is 0. The maximum atomic E-state index is 12.2. The second-order valence-corrected chi connectivity index (χ2v) is 5.27. The van der Waals surface area contributed by atoms with Crippen molar-refractivity contribution in [1.82, 2.24) is 0 Å². The van der Waals surface area contributed by atoms with Crippen LogP contribution in [0.25, 0.3) is 11.1 Å². The first-order valence-electron chi connectivity index (χ1n) is 5.90. The van der Waals surface area contributed by atoms with Gasteiger partial charge in [-0.1, -0.05) is 34.1 Å². The first-order valence-corrected chi connectivity index (χ1v) is 6.69. The smallest absolute Gasteiger partial charge is 0.406 e. The molecule has 0 saturated carbocycles. The third kappa shape index (κ3) is 3.33. The lowest BCUT2D eigenvalue weighted by Gasteiger charge is -2.13. The van der Waals surface area contributed by atoms with Gasteiger partial charge in [-0.05, 0) is 54.3 Å². The molecule has 2 aromatic rings. The van der Waals surface area contributed by atoms with Gasteiger partial charge in [0.25, 0.3) is 0 Å². The molecule has 0 amide bonds. The van der Waals surface area contributed by atoms with Gasteiger partial charge < -0.3 is 4.74 Å². The molecule has 0 fully saturated rings. The normalized spacial score (nSPS) is 11.5. The summed E-state index contributed by atoms with van der Waals surface area (Å²) in [6.07, 6.45) is -4.68. The van der Waals surface area contributed by atoms with Crippen molar-refractivity contribution in [1.29, 1.82) is 0 Å². The van der Waals surface area contributed by atoms with E-state index in [0.717, 1.165) is 21.2 Å². The van der Waals surface area contributed by atoms with Crippen LogP contribution in [-0.2, 0) is 0 Å². The van der Waals surface area contributed by atoms with Gasteiger partial charge in [0.1, 0.15) is 5.75 Å². The molecule has 1 nitrogen and oxygen atoms in total. The number of rotatable bonds is 2. The highest BCUT2D eigenvalue weighted by Gasteiger charge is 2.31. The molecule has 0 aliphatic carbocycles. The number of alkyl halides is 3. The highest BCUT2D eigenvalue weighted by molar-refractivity contribution is 9.10. The Labute approximate surface area is 123 Å². The molecule has 0 spiro atoms. The average Bonchev–Trinajstić information content (AvgIpc) is 2.34. The van der Waals surface area contributed by atoms with Crippen molar-refractivity contribution in [2.45, 2.75) is 20.2 Å². The first kappa shape index (κ1) is 14.9. The molecular weight excluding hydrogens is 333 g/mol. The summed E-state index contributed by atoms with van der Waals surface area (Å²) in [5.41, 5.74) is 3.66. The van der Waals surface area contributed by atoms with Crippen LogP contribution in [0.2, 0.25) is 0 Å². The van der Waals surface area contributed by atoms with Gasteiger partial charge in [0, 0.05) is 4.47 Å². The molecule has 0 bridgehead atoms. The van der Waals surface area contributed by atoms with E-state index in [1.165, 1.54) is 12.1 Å². The summed E-state index contributed by atoms with van der Waals surface area (Å²) in [6, 6.07) is 9.75. The molecule has 0 atom stereocenters. The molecular formula is C15H12BrF3O. The monoisotopic (exact) mass is 344 g/mol. The number of benzene rings is 2. The molecule has 0 aliphatic heterocycles. The summed E-state index contributed by atoms with van der Waals surface area (Å²) >= 11 is 3.43. The van der Waals surface area contributed by atoms with E-state index in [9.17, 15) is 13.2 Å². The van der Waals surface area contributed by atoms with Gasteiger partial charge in [-0.3, -0.25) is 0 Å². The zero-order valence-electron chi connectivity index (χ0n) is 10.9. The molecule has 5 heteroatoms. The Kier molecular flexibility index (Phi) is 4.09. The van der Waals surface area contributed by atoms with Crippen molar-refractivity contribution in [2.75, 3.05) is 0 Å². The quantitative estimate of drug-likeness (QED) is 0.685. The van der Waals surface area contributed by atoms with E-state index in [4.69, 9.17) is 0 Å². The predicted octanol–water partition coefficient (Wildman–Crippen LogP) is 5.63. The topological polar surface area (TPSA) is 9.23 Å². The molecule has 2 rings (SSSR count). The SMILES string of the molecule is Cc1c(Br)ccc(-c2cccc(OC(F)(F)F)c2)c1C. The zero-order valence-corrected chi connectivity index (χ0v) is 12.5. The van der Waals surface area contributed by atoms with Crippen LogP contribution in [0.5, 0.6) is 5.75 Å². The largest absolute Gasteiger partial charge is 0.573 e. The minimum Gasteiger partial charge on any atom is -0.406 e. The van der Waals surface area contributed by atoms with E-state index in [1.807, 2.05) is 26.0 Å². The van der Waals surface area contributed by atoms with Gasteiger partial charge in [0.2, 0.25) is 0 Å². The van der Waals surface area contributed by atoms with Crippen LogP contribution >= 0.6 is 15.9 Å². The minimum absolute atomic E-state index is 0.213. The van der Waals surface area contributed by atoms with Crippen LogP contribution in [0.1, 0.15) is 11.1 Å². The Morgan fingerprint density at radius 1 is 1.00 bits per heavy atom. The van der Waals surface area contributed by atoms with Crippen molar-refractivity contribution in [3.8, 4) is 16.9 Å². The summed E-state index contributed by atoms with van der Waals surface area (Å²) < 4.78 is 41.7. The highest BCUT2D eigenvalue weighted by Crippen LogP contribution is 2.32. The van der Waals surface area contributed by atoms with Crippen molar-refractivity contribution in [3.05, 3.63) is 52.0 Å². The average molecular weight is 345 g/mol. The molecule has 20 heavy (non-hydrogen) atoms. The fourth-order valence-electron chi connectivity index (χ4n) is 1.96. The highest BCUT2D eigenvalue weighted by atomic mass is 79.9. The van der Waals surface area contributed by atoms with Crippen molar-refractivity contribution >= 4 is 15.9 Å². The summed E-state index contributed by atoms with van der Waals surface area (Å²) in [6.45, 7) is 3.89. The predicted molar refractivity (Wildman–Crippen MR) is 75.7 cm³/mol. The molecule has 0 radical (unpaired) electrons. The number of halogens is 4. The van der Waals surface area contributed by atoms with Gasteiger partial charge in [-0.2, -0.15) is 0 Å². The second-order valence-electron chi connectivity index (χ2n) is 4.42. The lowest BCUT2D eigenvalue weighted by Crippen LogP contribution is -2.17. The molecule has 0 heterocycles. The molecule has 0 aliphatic rings. The summed E-state index contributed by atoms with van der Waals surface area (Å²) in [5.74, 6) is -0.213. The van der Waals surface area contributed by atoms with Crippen LogP contribution in [0, 0.1) is 13.8 Å². The van der Waals surface area contributed by atoms with Crippen LogP contribution in [-0.4, -0.2) is 6.36 Å². The molecule has 106 valence electrons. The summed E-state index contributed by atoms with van der Waals surface area (Å²) in [7, 11) is 0. The Hall–Kier alpha value is -1.49. The van der Waals surface area contributed by atoms with Crippen molar-refractivity contribution < 1.29 is 17.9 Å². The minimum atomic E-state index is -4.68. The van der Waals surface area contributed by atoms with E-state index in [1.54, 1.807) is 12.1 Å². The second kappa shape index (κ2) is 5.48. The van der Waals surface area contributed by atoms with Crippen LogP contribution in [0.3, 0.4) is 0 Å². The number of hydrogen-bond donors (Lipinski definition) is 0. The lowest BCUT2D eigenvalue weighted by molar-refractivity contribution is -0.274. The van der Waals surface area contributed by atoms with Crippen LogP contribution in [0.15, 0.2) is 40.9 Å². The number of hydrogen-bond acceptors (Lipinski definition) is 1. The zero-order chi connectivity index (χ0) is 14.9. The Balaban J connectivity index is 2.44. The lowest BCUT2D eigenvalue weighted by atomic mass is 9.97. The Bertz CT molecular complexity index is 636. The van der Waals surface area contributed by atoms with E-state index < -0.39 is 6.36 Å². The maximum Gasteiger partial charge on any atom is 0.573 e. The molecule has 2 aromatic carbocycles. The van der Waals surface area contributed by atoms with Gasteiger partial charge in [-0.25, -0.2) is 0 Å². The third-order valence-electron chi connectivity index (χ3n) is 3.10. The third-order valence-corrected chi connectivity index (χ3v) is 3.96. The van der Waals surface area contributed by atoms with Gasteiger partial charge in [-0.15, -0.1) is 13.2 Å².